The van der Waals surface area contributed by atoms with Crippen LogP contribution in [0.2, 0.25) is 0 Å². The van der Waals surface area contributed by atoms with E-state index < -0.39 is 17.7 Å². The van der Waals surface area contributed by atoms with E-state index >= 15 is 0 Å². The van der Waals surface area contributed by atoms with Gasteiger partial charge in [-0.2, -0.15) is 0 Å². The maximum absolute atomic E-state index is 13.5. The molecule has 0 spiro atoms. The maximum atomic E-state index is 13.5. The van der Waals surface area contributed by atoms with Crippen molar-refractivity contribution in [3.63, 3.8) is 0 Å². The zero-order valence-electron chi connectivity index (χ0n) is 8.56. The van der Waals surface area contributed by atoms with Gasteiger partial charge in [-0.15, -0.1) is 5.10 Å². The minimum Gasteiger partial charge on any atom is -0.319 e. The first kappa shape index (κ1) is 10.7. The Kier molecular flexibility index (Phi) is 2.66. The molecule has 0 bridgehead atoms. The second-order valence-corrected chi connectivity index (χ2v) is 3.40. The van der Waals surface area contributed by atoms with Gasteiger partial charge in [0.2, 0.25) is 0 Å². The van der Waals surface area contributed by atoms with E-state index in [2.05, 4.69) is 10.3 Å². The molecule has 0 saturated heterocycles. The molecule has 0 amide bonds. The molecule has 1 unspecified atom stereocenters. The normalized spacial score (nSPS) is 12.8. The van der Waals surface area contributed by atoms with Crippen molar-refractivity contribution in [2.45, 2.75) is 6.04 Å². The zero-order valence-corrected chi connectivity index (χ0v) is 8.56. The fourth-order valence-corrected chi connectivity index (χ4v) is 1.53. The first-order valence-corrected chi connectivity index (χ1v) is 4.65. The quantitative estimate of drug-likeness (QED) is 0.832. The van der Waals surface area contributed by atoms with E-state index in [0.29, 0.717) is 5.69 Å². The first-order valence-electron chi connectivity index (χ1n) is 4.65. The van der Waals surface area contributed by atoms with Gasteiger partial charge >= 0.3 is 0 Å². The summed E-state index contributed by atoms with van der Waals surface area (Å²) >= 11 is 0. The molecule has 2 aromatic rings. The summed E-state index contributed by atoms with van der Waals surface area (Å²) in [5, 5.41) is 7.28. The average Bonchev–Trinajstić information content (AvgIpc) is 2.64. The largest absolute Gasteiger partial charge is 0.319 e. The van der Waals surface area contributed by atoms with E-state index in [9.17, 15) is 8.78 Å². The Bertz CT molecular complexity index is 489. The fourth-order valence-electron chi connectivity index (χ4n) is 1.53. The summed E-state index contributed by atoms with van der Waals surface area (Å²) in [7, 11) is 1.61. The van der Waals surface area contributed by atoms with Crippen LogP contribution in [0, 0.1) is 11.6 Å². The summed E-state index contributed by atoms with van der Waals surface area (Å²) in [6.07, 6.45) is 1.39. The molecule has 0 fully saturated rings. The van der Waals surface area contributed by atoms with Crippen molar-refractivity contribution in [3.05, 3.63) is 47.3 Å². The van der Waals surface area contributed by atoms with Gasteiger partial charge in [-0.3, -0.25) is 4.68 Å². The molecule has 84 valence electrons. The number of aromatic nitrogens is 3. The fraction of sp³-hybridized carbons (Fsp3) is 0.200. The summed E-state index contributed by atoms with van der Waals surface area (Å²) in [5.41, 5.74) is 6.06. The minimum absolute atomic E-state index is 0.173. The summed E-state index contributed by atoms with van der Waals surface area (Å²) in [6.45, 7) is 0. The Morgan fingerprint density at radius 1 is 1.31 bits per heavy atom. The number of hydrogen-bond donors (Lipinski definition) is 1. The van der Waals surface area contributed by atoms with Gasteiger partial charge in [0.05, 0.1) is 17.9 Å². The molecule has 6 heteroatoms. The van der Waals surface area contributed by atoms with E-state index in [4.69, 9.17) is 5.73 Å². The predicted molar refractivity (Wildman–Crippen MR) is 53.4 cm³/mol. The van der Waals surface area contributed by atoms with Crippen LogP contribution in [0.25, 0.3) is 0 Å². The number of rotatable bonds is 2. The molecule has 1 aromatic heterocycles. The Balaban J connectivity index is 2.49. The van der Waals surface area contributed by atoms with Crippen LogP contribution in [-0.4, -0.2) is 15.0 Å². The Morgan fingerprint density at radius 2 is 1.94 bits per heavy atom. The number of halogens is 2. The Morgan fingerprint density at radius 3 is 2.44 bits per heavy atom. The highest BCUT2D eigenvalue weighted by molar-refractivity contribution is 5.28. The van der Waals surface area contributed by atoms with Crippen molar-refractivity contribution in [3.8, 4) is 0 Å². The van der Waals surface area contributed by atoms with Crippen LogP contribution >= 0.6 is 0 Å². The predicted octanol–water partition coefficient (Wildman–Crippen LogP) is 1.14. The van der Waals surface area contributed by atoms with Gasteiger partial charge in [0.1, 0.15) is 11.6 Å². The van der Waals surface area contributed by atoms with Crippen molar-refractivity contribution in [2.75, 3.05) is 0 Å². The van der Waals surface area contributed by atoms with Crippen molar-refractivity contribution in [1.82, 2.24) is 15.0 Å². The number of nitrogens with two attached hydrogens (primary N) is 1. The molecule has 1 heterocycles. The standard InChI is InChI=1S/C10H10F2N4/c1-16-8(5-14-15-16)10(13)9-6(11)3-2-4-7(9)12/h2-5,10H,13H2,1H3. The van der Waals surface area contributed by atoms with Crippen molar-refractivity contribution < 1.29 is 8.78 Å². The van der Waals surface area contributed by atoms with E-state index in [-0.39, 0.29) is 5.56 Å². The van der Waals surface area contributed by atoms with Crippen molar-refractivity contribution in [1.29, 1.82) is 0 Å². The van der Waals surface area contributed by atoms with Crippen LogP contribution in [0.3, 0.4) is 0 Å². The van der Waals surface area contributed by atoms with Gasteiger partial charge in [0.15, 0.2) is 0 Å². The molecule has 1 aromatic carbocycles. The molecule has 0 aliphatic rings. The third kappa shape index (κ3) is 1.67. The van der Waals surface area contributed by atoms with E-state index in [0.717, 1.165) is 0 Å². The molecular formula is C10H10F2N4. The lowest BCUT2D eigenvalue weighted by Crippen LogP contribution is -2.18. The number of benzene rings is 1. The lowest BCUT2D eigenvalue weighted by Gasteiger charge is -2.13. The second-order valence-electron chi connectivity index (χ2n) is 3.40. The summed E-state index contributed by atoms with van der Waals surface area (Å²) in [5.74, 6) is -1.34. The van der Waals surface area contributed by atoms with Gasteiger partial charge < -0.3 is 5.73 Å². The lowest BCUT2D eigenvalue weighted by atomic mass is 10.0. The minimum atomic E-state index is -0.916. The van der Waals surface area contributed by atoms with Crippen LogP contribution in [0.5, 0.6) is 0 Å². The molecular weight excluding hydrogens is 214 g/mol. The van der Waals surface area contributed by atoms with Gasteiger partial charge in [-0.1, -0.05) is 11.3 Å². The highest BCUT2D eigenvalue weighted by Crippen LogP contribution is 2.23. The molecule has 0 aliphatic heterocycles. The van der Waals surface area contributed by atoms with E-state index in [1.165, 1.54) is 29.1 Å². The molecule has 4 nitrogen and oxygen atoms in total. The highest BCUT2D eigenvalue weighted by atomic mass is 19.1. The van der Waals surface area contributed by atoms with Crippen molar-refractivity contribution >= 4 is 0 Å². The molecule has 0 aliphatic carbocycles. The van der Waals surface area contributed by atoms with Gasteiger partial charge in [0.25, 0.3) is 0 Å². The number of nitrogens with zero attached hydrogens (tertiary/aromatic N) is 3. The topological polar surface area (TPSA) is 56.7 Å². The van der Waals surface area contributed by atoms with E-state index in [1.54, 1.807) is 7.05 Å². The van der Waals surface area contributed by atoms with Gasteiger partial charge in [-0.25, -0.2) is 8.78 Å². The molecule has 2 N–H and O–H groups in total. The zero-order chi connectivity index (χ0) is 11.7. The van der Waals surface area contributed by atoms with Crippen LogP contribution in [0.4, 0.5) is 8.78 Å². The molecule has 2 rings (SSSR count). The molecule has 0 radical (unpaired) electrons. The molecule has 1 atom stereocenters. The average molecular weight is 224 g/mol. The SMILES string of the molecule is Cn1nncc1C(N)c1c(F)cccc1F. The summed E-state index contributed by atoms with van der Waals surface area (Å²) < 4.78 is 28.3. The van der Waals surface area contributed by atoms with Gasteiger partial charge in [-0.05, 0) is 12.1 Å². The third-order valence-electron chi connectivity index (χ3n) is 2.38. The van der Waals surface area contributed by atoms with E-state index in [1.807, 2.05) is 0 Å². The smallest absolute Gasteiger partial charge is 0.131 e. The van der Waals surface area contributed by atoms with Crippen LogP contribution < -0.4 is 5.73 Å². The molecule has 0 saturated carbocycles. The van der Waals surface area contributed by atoms with Gasteiger partial charge in [0, 0.05) is 12.6 Å². The van der Waals surface area contributed by atoms with Crippen LogP contribution in [0.1, 0.15) is 17.3 Å². The Hall–Kier alpha value is -1.82. The van der Waals surface area contributed by atoms with Crippen LogP contribution in [-0.2, 0) is 7.05 Å². The maximum Gasteiger partial charge on any atom is 0.131 e. The lowest BCUT2D eigenvalue weighted by molar-refractivity contribution is 0.532. The monoisotopic (exact) mass is 224 g/mol. The Labute approximate surface area is 90.7 Å². The summed E-state index contributed by atoms with van der Waals surface area (Å²) in [6, 6.07) is 2.72. The third-order valence-corrected chi connectivity index (χ3v) is 2.38. The summed E-state index contributed by atoms with van der Waals surface area (Å²) in [4.78, 5) is 0. The molecule has 16 heavy (non-hydrogen) atoms. The van der Waals surface area contributed by atoms with Crippen LogP contribution in [0.15, 0.2) is 24.4 Å². The first-order chi connectivity index (χ1) is 7.61. The second kappa shape index (κ2) is 3.97. The number of aryl methyl sites for hydroxylation is 1. The number of hydrogen-bond acceptors (Lipinski definition) is 3. The highest BCUT2D eigenvalue weighted by Gasteiger charge is 2.20. The van der Waals surface area contributed by atoms with Crippen molar-refractivity contribution in [2.24, 2.45) is 12.8 Å².